The average Bonchev–Trinajstić information content (AvgIpc) is 0.592. The van der Waals surface area contributed by atoms with E-state index in [0.717, 1.165) is 0 Å². The summed E-state index contributed by atoms with van der Waals surface area (Å²) in [6, 6.07) is 0. The predicted molar refractivity (Wildman–Crippen MR) is 95.7 cm³/mol. The molecule has 0 aromatic rings. The standard InChI is InChI=1S/6ClH.3Na.12H2O.Rh/h6*1H;;;;12*1H2;/q;;;;;;;;;;;;;;;;;;;;;+6/p-6. The van der Waals surface area contributed by atoms with E-state index >= 15 is 0 Å². The summed E-state index contributed by atoms with van der Waals surface area (Å²) >= 11 is 0. The molecule has 0 heterocycles. The fourth-order valence-corrected chi connectivity index (χ4v) is 0. The van der Waals surface area contributed by atoms with Gasteiger partial charge in [0.1, 0.15) is 0 Å². The molecule has 0 aliphatic heterocycles. The van der Waals surface area contributed by atoms with E-state index in [1.54, 1.807) is 0 Å². The first-order valence-electron chi connectivity index (χ1n) is 0.756. The number of halogens is 6. The summed E-state index contributed by atoms with van der Waals surface area (Å²) < 4.78 is 0. The molecule has 150 valence electrons. The summed E-state index contributed by atoms with van der Waals surface area (Å²) in [4.78, 5) is 0. The molecule has 0 saturated carbocycles. The molecule has 22 heavy (non-hydrogen) atoms. The van der Waals surface area contributed by atoms with E-state index in [1.165, 1.54) is 0 Å². The minimum atomic E-state index is -5.15. The van der Waals surface area contributed by atoms with Crippen LogP contribution < -0.4 is 0 Å². The fourth-order valence-electron chi connectivity index (χ4n) is 0. The summed E-state index contributed by atoms with van der Waals surface area (Å²) in [5, 5.41) is 0. The van der Waals surface area contributed by atoms with Gasteiger partial charge in [0, 0.05) is 88.7 Å². The molecular formula is H24Cl6Na3O12Rh. The van der Waals surface area contributed by atoms with Gasteiger partial charge in [-0.2, -0.15) is 0 Å². The molecule has 0 atom stereocenters. The van der Waals surface area contributed by atoms with Crippen molar-refractivity contribution < 1.29 is 72.2 Å². The second kappa shape index (κ2) is 40.5. The average molecular weight is 601 g/mol. The molecule has 24 N–H and O–H groups in total. The van der Waals surface area contributed by atoms with Crippen LogP contribution in [0.25, 0.3) is 0 Å². The van der Waals surface area contributed by atoms with Crippen molar-refractivity contribution in [2.45, 2.75) is 0 Å². The summed E-state index contributed by atoms with van der Waals surface area (Å²) in [7, 11) is 30.2. The minimum absolute atomic E-state index is 0. The first kappa shape index (κ1) is 152. The second-order valence-electron chi connectivity index (χ2n) is 0.714. The van der Waals surface area contributed by atoms with Crippen LogP contribution in [-0.2, 0) is 6.48 Å². The van der Waals surface area contributed by atoms with E-state index in [4.69, 9.17) is 58.1 Å². The van der Waals surface area contributed by atoms with Crippen molar-refractivity contribution in [2.75, 3.05) is 0 Å². The Labute approximate surface area is 215 Å². The van der Waals surface area contributed by atoms with Crippen molar-refractivity contribution >= 4 is 147 Å². The van der Waals surface area contributed by atoms with Crippen LogP contribution >= 0.6 is 58.1 Å². The minimum Gasteiger partial charge on any atom is 0 e. The van der Waals surface area contributed by atoms with E-state index in [1.807, 2.05) is 0 Å². The Kier molecular flexibility index (Phi) is 280. The second-order valence-corrected chi connectivity index (χ2v) is 38.0. The zero-order chi connectivity index (χ0) is 6.41. The summed E-state index contributed by atoms with van der Waals surface area (Å²) in [5.74, 6) is 0. The molecule has 0 bridgehead atoms. The van der Waals surface area contributed by atoms with Crippen molar-refractivity contribution in [1.82, 2.24) is 0 Å². The molecule has 0 fully saturated rings. The van der Waals surface area contributed by atoms with Gasteiger partial charge >= 0.3 is 64.6 Å². The first-order valence-corrected chi connectivity index (χ1v) is 13.4. The van der Waals surface area contributed by atoms with Crippen molar-refractivity contribution in [3.8, 4) is 0 Å². The Morgan fingerprint density at radius 3 is 0.273 bits per heavy atom. The topological polar surface area (TPSA) is 378 Å². The van der Waals surface area contributed by atoms with E-state index in [9.17, 15) is 0 Å². The van der Waals surface area contributed by atoms with Crippen LogP contribution in [0.2, 0.25) is 0 Å². The zero-order valence-electron chi connectivity index (χ0n) is 11.6. The SMILES string of the molecule is O.O.O.O.O.O.O.O.O.O.O.O.[Cl][Rh]([Cl])([Cl])([Cl])([Cl])[Cl].[Na].[Na].[Na]. The number of hydrogen-bond donors (Lipinski definition) is 0. The summed E-state index contributed by atoms with van der Waals surface area (Å²) in [6.45, 7) is -5.15. The van der Waals surface area contributed by atoms with Gasteiger partial charge < -0.3 is 65.7 Å². The van der Waals surface area contributed by atoms with Gasteiger partial charge in [-0.15, -0.1) is 0 Å². The molecule has 0 unspecified atom stereocenters. The van der Waals surface area contributed by atoms with Gasteiger partial charge in [0.05, 0.1) is 0 Å². The largest absolute Gasteiger partial charge is 0 e. The van der Waals surface area contributed by atoms with Crippen LogP contribution in [0, 0.1) is 0 Å². The van der Waals surface area contributed by atoms with Gasteiger partial charge in [-0.05, 0) is 0 Å². The van der Waals surface area contributed by atoms with Gasteiger partial charge in [-0.3, -0.25) is 0 Å². The molecule has 12 nitrogen and oxygen atoms in total. The third-order valence-electron chi connectivity index (χ3n) is 0. The van der Waals surface area contributed by atoms with Crippen LogP contribution in [0.3, 0.4) is 0 Å². The normalized spacial score (nSPS) is 7.36. The molecule has 0 spiro atoms. The molecule has 0 rings (SSSR count). The van der Waals surface area contributed by atoms with Crippen LogP contribution in [0.5, 0.6) is 0 Å². The monoisotopic (exact) mass is 598 g/mol. The van der Waals surface area contributed by atoms with Crippen LogP contribution in [0.4, 0.5) is 0 Å². The molecule has 22 heteroatoms. The van der Waals surface area contributed by atoms with Crippen LogP contribution in [-0.4, -0.2) is 154 Å². The Balaban J connectivity index is -0.00000000171. The van der Waals surface area contributed by atoms with E-state index in [2.05, 4.69) is 0 Å². The molecule has 3 radical (unpaired) electrons. The molecule has 0 saturated heterocycles. The third kappa shape index (κ3) is 595. The van der Waals surface area contributed by atoms with Crippen molar-refractivity contribution in [3.63, 3.8) is 0 Å². The first-order chi connectivity index (χ1) is 2.45. The van der Waals surface area contributed by atoms with Gasteiger partial charge in [-0.25, -0.2) is 0 Å². The Hall–Kier alpha value is 4.88. The number of rotatable bonds is 0. The molecule has 0 aromatic heterocycles. The van der Waals surface area contributed by atoms with E-state index in [-0.39, 0.29) is 154 Å². The van der Waals surface area contributed by atoms with Crippen LogP contribution in [0.1, 0.15) is 0 Å². The van der Waals surface area contributed by atoms with Crippen LogP contribution in [0.15, 0.2) is 0 Å². The van der Waals surface area contributed by atoms with Gasteiger partial charge in [0.15, 0.2) is 0 Å². The smallest absolute Gasteiger partial charge is 0 e. The zero-order valence-corrected chi connectivity index (χ0v) is 23.8. The van der Waals surface area contributed by atoms with E-state index in [0.29, 0.717) is 0 Å². The maximum absolute atomic E-state index is 5.15. The molecule has 0 aliphatic carbocycles. The molecule has 0 aliphatic rings. The summed E-state index contributed by atoms with van der Waals surface area (Å²) in [6.07, 6.45) is 0. The molecular weight excluding hydrogens is 577 g/mol. The van der Waals surface area contributed by atoms with Crippen molar-refractivity contribution in [3.05, 3.63) is 0 Å². The Morgan fingerprint density at radius 2 is 0.273 bits per heavy atom. The number of hydrogen-bond acceptors (Lipinski definition) is 0. The van der Waals surface area contributed by atoms with Gasteiger partial charge in [-0.1, -0.05) is 0 Å². The Morgan fingerprint density at radius 1 is 0.273 bits per heavy atom. The van der Waals surface area contributed by atoms with Gasteiger partial charge in [0.2, 0.25) is 0 Å². The van der Waals surface area contributed by atoms with Gasteiger partial charge in [0.25, 0.3) is 0 Å². The molecule has 0 amide bonds. The van der Waals surface area contributed by atoms with Crippen molar-refractivity contribution in [1.29, 1.82) is 0 Å². The summed E-state index contributed by atoms with van der Waals surface area (Å²) in [5.41, 5.74) is 0. The van der Waals surface area contributed by atoms with E-state index < -0.39 is 6.48 Å². The van der Waals surface area contributed by atoms with Crippen molar-refractivity contribution in [2.24, 2.45) is 0 Å². The Bertz CT molecular complexity index is 93.4. The molecule has 0 aromatic carbocycles. The third-order valence-corrected chi connectivity index (χ3v) is 0. The quantitative estimate of drug-likeness (QED) is 0.234. The maximum Gasteiger partial charge on any atom is 0 e. The fraction of sp³-hybridized carbons (Fsp3) is 0. The predicted octanol–water partition coefficient (Wildman–Crippen LogP) is -6.90. The maximum atomic E-state index is 5.04.